The first-order chi connectivity index (χ1) is 14.2. The summed E-state index contributed by atoms with van der Waals surface area (Å²) in [6, 6.07) is 17.5. The minimum absolute atomic E-state index is 0.0201. The number of carbonyl (C=O) groups excluding carboxylic acids is 1. The summed E-state index contributed by atoms with van der Waals surface area (Å²) in [5, 5.41) is 10.6. The first kappa shape index (κ1) is 18.9. The van der Waals surface area contributed by atoms with Gasteiger partial charge in [-0.25, -0.2) is 4.99 Å². The summed E-state index contributed by atoms with van der Waals surface area (Å²) >= 11 is 0. The second kappa shape index (κ2) is 8.31. The molecule has 0 unspecified atom stereocenters. The predicted molar refractivity (Wildman–Crippen MR) is 117 cm³/mol. The number of nitrogens with zero attached hydrogens (tertiary/aromatic N) is 1. The van der Waals surface area contributed by atoms with E-state index in [0.717, 1.165) is 29.5 Å². The Morgan fingerprint density at radius 3 is 2.59 bits per heavy atom. The first-order valence-corrected chi connectivity index (χ1v) is 10.1. The molecule has 0 saturated heterocycles. The zero-order valence-corrected chi connectivity index (χ0v) is 16.5. The van der Waals surface area contributed by atoms with Crippen LogP contribution in [0.3, 0.4) is 0 Å². The highest BCUT2D eigenvalue weighted by atomic mass is 16.3. The molecule has 2 heterocycles. The Balaban J connectivity index is 1.66. The van der Waals surface area contributed by atoms with Crippen LogP contribution in [0.15, 0.2) is 71.7 Å². The number of aromatic hydroxyl groups is 1. The number of aliphatic imine (C=N–C) groups is 1. The number of amides is 1. The van der Waals surface area contributed by atoms with Gasteiger partial charge in [0.2, 0.25) is 0 Å². The quantitative estimate of drug-likeness (QED) is 0.407. The summed E-state index contributed by atoms with van der Waals surface area (Å²) in [6.07, 6.45) is 8.75. The molecule has 2 aromatic carbocycles. The maximum atomic E-state index is 12.7. The molecule has 29 heavy (non-hydrogen) atoms. The SMILES string of the molecule is CCCC/C=C\Cc1cccc(-c2[nH]c(O)c3c2C(=O)N=C3c2ccccc2)c1. The molecule has 4 nitrogen and oxygen atoms in total. The van der Waals surface area contributed by atoms with Gasteiger partial charge in [0, 0.05) is 5.56 Å². The van der Waals surface area contributed by atoms with Gasteiger partial charge in [-0.1, -0.05) is 80.4 Å². The summed E-state index contributed by atoms with van der Waals surface area (Å²) in [5.41, 5.74) is 4.91. The minimum atomic E-state index is -0.324. The van der Waals surface area contributed by atoms with Crippen molar-refractivity contribution in [1.29, 1.82) is 0 Å². The number of benzene rings is 2. The number of aromatic amines is 1. The number of fused-ring (bicyclic) bond motifs is 1. The second-order valence-electron chi connectivity index (χ2n) is 7.25. The fraction of sp³-hybridized carbons (Fsp3) is 0.200. The van der Waals surface area contributed by atoms with Gasteiger partial charge in [-0.05, 0) is 30.0 Å². The van der Waals surface area contributed by atoms with Crippen molar-refractivity contribution < 1.29 is 9.90 Å². The van der Waals surface area contributed by atoms with E-state index in [2.05, 4.69) is 41.2 Å². The normalized spacial score (nSPS) is 13.1. The maximum absolute atomic E-state index is 12.7. The lowest BCUT2D eigenvalue weighted by Gasteiger charge is -2.04. The molecule has 1 aromatic heterocycles. The summed E-state index contributed by atoms with van der Waals surface area (Å²) in [7, 11) is 0. The molecule has 0 aliphatic carbocycles. The van der Waals surface area contributed by atoms with Gasteiger partial charge in [-0.3, -0.25) is 4.79 Å². The molecule has 0 bridgehead atoms. The Hall–Kier alpha value is -3.40. The number of unbranched alkanes of at least 4 members (excludes halogenated alkanes) is 2. The summed E-state index contributed by atoms with van der Waals surface area (Å²) < 4.78 is 0. The van der Waals surface area contributed by atoms with Gasteiger partial charge >= 0.3 is 0 Å². The van der Waals surface area contributed by atoms with Crippen LogP contribution in [-0.2, 0) is 6.42 Å². The number of aromatic nitrogens is 1. The van der Waals surface area contributed by atoms with Crippen molar-refractivity contribution in [2.75, 3.05) is 0 Å². The van der Waals surface area contributed by atoms with Crippen LogP contribution in [0.5, 0.6) is 5.88 Å². The van der Waals surface area contributed by atoms with Crippen molar-refractivity contribution in [3.05, 3.63) is 89.0 Å². The Kier molecular flexibility index (Phi) is 5.43. The van der Waals surface area contributed by atoms with E-state index in [4.69, 9.17) is 0 Å². The van der Waals surface area contributed by atoms with Crippen molar-refractivity contribution >= 4 is 11.6 Å². The number of hydrogen-bond donors (Lipinski definition) is 2. The monoisotopic (exact) mass is 384 g/mol. The molecule has 4 heteroatoms. The van der Waals surface area contributed by atoms with Gasteiger partial charge in [-0.2, -0.15) is 0 Å². The average molecular weight is 384 g/mol. The zero-order chi connectivity index (χ0) is 20.2. The van der Waals surface area contributed by atoms with Crippen LogP contribution < -0.4 is 0 Å². The van der Waals surface area contributed by atoms with E-state index in [-0.39, 0.29) is 11.8 Å². The van der Waals surface area contributed by atoms with E-state index in [0.29, 0.717) is 22.5 Å². The topological polar surface area (TPSA) is 65.4 Å². The van der Waals surface area contributed by atoms with E-state index in [9.17, 15) is 9.90 Å². The van der Waals surface area contributed by atoms with Crippen molar-refractivity contribution in [3.63, 3.8) is 0 Å². The molecule has 0 spiro atoms. The van der Waals surface area contributed by atoms with Crippen molar-refractivity contribution in [3.8, 4) is 17.1 Å². The van der Waals surface area contributed by atoms with Crippen LogP contribution in [0.4, 0.5) is 0 Å². The lowest BCUT2D eigenvalue weighted by atomic mass is 9.99. The molecule has 3 aromatic rings. The molecule has 146 valence electrons. The van der Waals surface area contributed by atoms with E-state index in [1.54, 1.807) is 0 Å². The van der Waals surface area contributed by atoms with Gasteiger partial charge in [0.25, 0.3) is 5.91 Å². The lowest BCUT2D eigenvalue weighted by molar-refractivity contribution is 0.101. The van der Waals surface area contributed by atoms with Crippen LogP contribution in [0, 0.1) is 0 Å². The Morgan fingerprint density at radius 1 is 1.00 bits per heavy atom. The minimum Gasteiger partial charge on any atom is -0.494 e. The maximum Gasteiger partial charge on any atom is 0.280 e. The standard InChI is InChI=1S/C25H24N2O2/c1-2-3-4-5-7-11-17-12-10-15-19(16-17)23-21-20(24(28)27-23)22(26-25(21)29)18-13-8-6-9-14-18/h5-10,12-16,27-28H,2-4,11H2,1H3/b7-5-. The number of nitrogens with one attached hydrogen (secondary N) is 1. The molecule has 4 rings (SSSR count). The molecule has 1 amide bonds. The van der Waals surface area contributed by atoms with Crippen LogP contribution in [0.1, 0.15) is 53.2 Å². The first-order valence-electron chi connectivity index (χ1n) is 10.1. The van der Waals surface area contributed by atoms with Crippen LogP contribution in [-0.4, -0.2) is 21.7 Å². The van der Waals surface area contributed by atoms with E-state index in [1.807, 2.05) is 42.5 Å². The molecular weight excluding hydrogens is 360 g/mol. The van der Waals surface area contributed by atoms with Gasteiger partial charge in [-0.15, -0.1) is 0 Å². The third kappa shape index (κ3) is 3.79. The largest absolute Gasteiger partial charge is 0.494 e. The van der Waals surface area contributed by atoms with E-state index >= 15 is 0 Å². The Bertz CT molecular complexity index is 1090. The Morgan fingerprint density at radius 2 is 1.79 bits per heavy atom. The van der Waals surface area contributed by atoms with E-state index in [1.165, 1.54) is 12.8 Å². The predicted octanol–water partition coefficient (Wildman–Crippen LogP) is 5.67. The smallest absolute Gasteiger partial charge is 0.280 e. The highest BCUT2D eigenvalue weighted by Crippen LogP contribution is 2.38. The number of rotatable bonds is 7. The molecule has 1 aliphatic heterocycles. The third-order valence-electron chi connectivity index (χ3n) is 5.15. The highest BCUT2D eigenvalue weighted by Gasteiger charge is 2.33. The number of hydrogen-bond acceptors (Lipinski definition) is 2. The number of carbonyl (C=O) groups is 1. The van der Waals surface area contributed by atoms with Gasteiger partial charge in [0.1, 0.15) is 0 Å². The molecule has 0 atom stereocenters. The highest BCUT2D eigenvalue weighted by molar-refractivity contribution is 6.30. The molecule has 0 fully saturated rings. The van der Waals surface area contributed by atoms with Crippen molar-refractivity contribution in [2.24, 2.45) is 4.99 Å². The van der Waals surface area contributed by atoms with Crippen molar-refractivity contribution in [2.45, 2.75) is 32.6 Å². The third-order valence-corrected chi connectivity index (χ3v) is 5.15. The molecule has 0 radical (unpaired) electrons. The number of H-pyrrole nitrogens is 1. The lowest BCUT2D eigenvalue weighted by Crippen LogP contribution is -1.99. The summed E-state index contributed by atoms with van der Waals surface area (Å²) in [6.45, 7) is 2.19. The van der Waals surface area contributed by atoms with Gasteiger partial charge < -0.3 is 10.1 Å². The van der Waals surface area contributed by atoms with E-state index < -0.39 is 0 Å². The van der Waals surface area contributed by atoms with Crippen LogP contribution in [0.2, 0.25) is 0 Å². The average Bonchev–Trinajstić information content (AvgIpc) is 3.27. The fourth-order valence-corrected chi connectivity index (χ4v) is 3.68. The molecule has 1 aliphatic rings. The Labute approximate surface area is 170 Å². The van der Waals surface area contributed by atoms with Crippen molar-refractivity contribution in [1.82, 2.24) is 4.98 Å². The zero-order valence-electron chi connectivity index (χ0n) is 16.5. The second-order valence-corrected chi connectivity index (χ2v) is 7.25. The molecule has 2 N–H and O–H groups in total. The van der Waals surface area contributed by atoms with Crippen LogP contribution >= 0.6 is 0 Å². The summed E-state index contributed by atoms with van der Waals surface area (Å²) in [5.74, 6) is -0.344. The number of allylic oxidation sites excluding steroid dienone is 2. The fourth-order valence-electron chi connectivity index (χ4n) is 3.68. The summed E-state index contributed by atoms with van der Waals surface area (Å²) in [4.78, 5) is 19.9. The molecule has 0 saturated carbocycles. The van der Waals surface area contributed by atoms with Crippen LogP contribution in [0.25, 0.3) is 11.3 Å². The van der Waals surface area contributed by atoms with Gasteiger partial charge in [0.05, 0.1) is 22.5 Å². The van der Waals surface area contributed by atoms with Gasteiger partial charge in [0.15, 0.2) is 5.88 Å². The molecular formula is C25H24N2O2.